The lowest BCUT2D eigenvalue weighted by molar-refractivity contribution is -0.147. The van der Waals surface area contributed by atoms with Crippen molar-refractivity contribution in [2.75, 3.05) is 0 Å². The van der Waals surface area contributed by atoms with Crippen molar-refractivity contribution in [2.24, 2.45) is 52.3 Å². The van der Waals surface area contributed by atoms with Crippen LogP contribution in [0.1, 0.15) is 92.4 Å². The minimum absolute atomic E-state index is 0.0576. The quantitative estimate of drug-likeness (QED) is 0.521. The normalized spacial score (nSPS) is 45.1. The maximum Gasteiger partial charge on any atom is 0.156 e. The van der Waals surface area contributed by atoms with Gasteiger partial charge in [0, 0.05) is 18.8 Å². The predicted octanol–water partition coefficient (Wildman–Crippen LogP) is 6.63. The molecule has 4 aliphatic rings. The molecule has 0 bridgehead atoms. The van der Waals surface area contributed by atoms with Crippen molar-refractivity contribution in [3.63, 3.8) is 0 Å². The molecule has 0 radical (unpaired) electrons. The van der Waals surface area contributed by atoms with Crippen LogP contribution in [0.15, 0.2) is 12.2 Å². The van der Waals surface area contributed by atoms with Gasteiger partial charge in [-0.2, -0.15) is 0 Å². The van der Waals surface area contributed by atoms with Crippen molar-refractivity contribution >= 4 is 11.6 Å². The summed E-state index contributed by atoms with van der Waals surface area (Å²) in [6, 6.07) is 0. The van der Waals surface area contributed by atoms with E-state index in [2.05, 4.69) is 40.7 Å². The first-order chi connectivity index (χ1) is 13.7. The Morgan fingerprint density at radius 1 is 1.00 bits per heavy atom. The fourth-order valence-corrected chi connectivity index (χ4v) is 8.46. The Balaban J connectivity index is 1.53. The number of carbonyl (C=O) groups is 2. The molecule has 162 valence electrons. The molecule has 2 heteroatoms. The maximum absolute atomic E-state index is 13.2. The van der Waals surface area contributed by atoms with E-state index in [0.29, 0.717) is 35.4 Å². The van der Waals surface area contributed by atoms with Gasteiger partial charge in [0.05, 0.1) is 0 Å². The fraction of sp³-hybridized carbons (Fsp3) is 0.852. The van der Waals surface area contributed by atoms with Gasteiger partial charge in [0.25, 0.3) is 0 Å². The molecule has 8 atom stereocenters. The van der Waals surface area contributed by atoms with Gasteiger partial charge in [-0.3, -0.25) is 9.59 Å². The Labute approximate surface area is 178 Å². The summed E-state index contributed by atoms with van der Waals surface area (Å²) in [5, 5.41) is 0. The van der Waals surface area contributed by atoms with Crippen LogP contribution in [0.25, 0.3) is 0 Å². The monoisotopic (exact) mass is 398 g/mol. The van der Waals surface area contributed by atoms with Crippen LogP contribution in [0.4, 0.5) is 0 Å². The molecule has 0 spiro atoms. The Morgan fingerprint density at radius 3 is 2.48 bits per heavy atom. The molecule has 4 rings (SSSR count). The van der Waals surface area contributed by atoms with E-state index in [4.69, 9.17) is 0 Å². The second-order valence-electron chi connectivity index (χ2n) is 12.0. The highest BCUT2D eigenvalue weighted by Crippen LogP contribution is 2.67. The number of ketones is 2. The zero-order valence-corrected chi connectivity index (χ0v) is 19.4. The number of hydrogen-bond donors (Lipinski definition) is 0. The van der Waals surface area contributed by atoms with E-state index in [1.807, 2.05) is 0 Å². The molecule has 0 aromatic carbocycles. The van der Waals surface area contributed by atoms with E-state index in [9.17, 15) is 9.59 Å². The first kappa shape index (κ1) is 21.3. The lowest BCUT2D eigenvalue weighted by Gasteiger charge is -2.58. The number of carbonyl (C=O) groups excluding carboxylic acids is 2. The first-order valence-corrected chi connectivity index (χ1v) is 12.4. The van der Waals surface area contributed by atoms with Crippen LogP contribution >= 0.6 is 0 Å². The van der Waals surface area contributed by atoms with Gasteiger partial charge in [0.15, 0.2) is 5.78 Å². The van der Waals surface area contributed by atoms with E-state index in [-0.39, 0.29) is 17.1 Å². The highest BCUT2D eigenvalue weighted by atomic mass is 16.1. The molecule has 3 fully saturated rings. The number of Topliss-reactive ketones (excluding diaryl/α,β-unsaturated/α-hetero) is 1. The Kier molecular flexibility index (Phi) is 5.62. The summed E-state index contributed by atoms with van der Waals surface area (Å²) < 4.78 is 0. The number of rotatable bonds is 5. The summed E-state index contributed by atoms with van der Waals surface area (Å²) >= 11 is 0. The van der Waals surface area contributed by atoms with E-state index in [1.54, 1.807) is 6.08 Å². The molecule has 2 nitrogen and oxygen atoms in total. The van der Waals surface area contributed by atoms with E-state index in [1.165, 1.54) is 44.9 Å². The Morgan fingerprint density at radius 2 is 1.76 bits per heavy atom. The smallest absolute Gasteiger partial charge is 0.156 e. The van der Waals surface area contributed by atoms with Crippen LogP contribution in [0, 0.1) is 52.3 Å². The highest BCUT2D eigenvalue weighted by molar-refractivity contribution is 5.97. The van der Waals surface area contributed by atoms with E-state index >= 15 is 0 Å². The van der Waals surface area contributed by atoms with Crippen LogP contribution in [0.2, 0.25) is 0 Å². The van der Waals surface area contributed by atoms with Crippen molar-refractivity contribution in [3.05, 3.63) is 12.2 Å². The summed E-state index contributed by atoms with van der Waals surface area (Å²) in [5.74, 6) is 4.72. The maximum atomic E-state index is 13.2. The van der Waals surface area contributed by atoms with Gasteiger partial charge < -0.3 is 0 Å². The molecular formula is C27H42O2. The lowest BCUT2D eigenvalue weighted by Crippen LogP contribution is -2.55. The van der Waals surface area contributed by atoms with Gasteiger partial charge >= 0.3 is 0 Å². The van der Waals surface area contributed by atoms with Gasteiger partial charge in [-0.05, 0) is 78.1 Å². The average molecular weight is 399 g/mol. The highest BCUT2D eigenvalue weighted by Gasteiger charge is 2.61. The van der Waals surface area contributed by atoms with Crippen LogP contribution < -0.4 is 0 Å². The third-order valence-electron chi connectivity index (χ3n) is 10.0. The SMILES string of the molecule is CC(C)CCC[C@@H](C)[C@H]1CC[C@H]2[C@@H]3CC(=O)C4CC(=O)C=C[C@]4(C)[C@H]3CC[C@]12C. The van der Waals surface area contributed by atoms with Gasteiger partial charge in [-0.25, -0.2) is 0 Å². The Hall–Kier alpha value is -0.920. The van der Waals surface area contributed by atoms with Crippen LogP contribution in [-0.2, 0) is 9.59 Å². The molecule has 29 heavy (non-hydrogen) atoms. The minimum atomic E-state index is -0.0871. The molecule has 0 aromatic rings. The summed E-state index contributed by atoms with van der Waals surface area (Å²) in [6.45, 7) is 12.0. The van der Waals surface area contributed by atoms with E-state index < -0.39 is 0 Å². The summed E-state index contributed by atoms with van der Waals surface area (Å²) in [6.07, 6.45) is 14.4. The molecule has 0 amide bonds. The summed E-state index contributed by atoms with van der Waals surface area (Å²) in [4.78, 5) is 25.2. The van der Waals surface area contributed by atoms with Gasteiger partial charge in [0.1, 0.15) is 5.78 Å². The summed E-state index contributed by atoms with van der Waals surface area (Å²) in [7, 11) is 0. The van der Waals surface area contributed by atoms with Crippen LogP contribution in [-0.4, -0.2) is 11.6 Å². The van der Waals surface area contributed by atoms with Crippen molar-refractivity contribution < 1.29 is 9.59 Å². The van der Waals surface area contributed by atoms with Crippen LogP contribution in [0.3, 0.4) is 0 Å². The lowest BCUT2D eigenvalue weighted by atomic mass is 9.45. The second-order valence-corrected chi connectivity index (χ2v) is 12.0. The molecule has 4 aliphatic carbocycles. The van der Waals surface area contributed by atoms with Crippen LogP contribution in [0.5, 0.6) is 0 Å². The van der Waals surface area contributed by atoms with Crippen molar-refractivity contribution in [1.29, 1.82) is 0 Å². The number of allylic oxidation sites excluding steroid dienone is 2. The Bertz CT molecular complexity index is 691. The van der Waals surface area contributed by atoms with E-state index in [0.717, 1.165) is 24.2 Å². The molecule has 0 saturated heterocycles. The second kappa shape index (κ2) is 7.65. The summed E-state index contributed by atoms with van der Waals surface area (Å²) in [5.41, 5.74) is 0.326. The molecule has 3 saturated carbocycles. The van der Waals surface area contributed by atoms with Crippen molar-refractivity contribution in [3.8, 4) is 0 Å². The largest absolute Gasteiger partial charge is 0.299 e. The third kappa shape index (κ3) is 3.47. The molecule has 1 unspecified atom stereocenters. The topological polar surface area (TPSA) is 34.1 Å². The third-order valence-corrected chi connectivity index (χ3v) is 10.0. The zero-order chi connectivity index (χ0) is 21.0. The predicted molar refractivity (Wildman–Crippen MR) is 118 cm³/mol. The number of hydrogen-bond acceptors (Lipinski definition) is 2. The zero-order valence-electron chi connectivity index (χ0n) is 19.4. The molecule has 0 N–H and O–H groups in total. The average Bonchev–Trinajstić information content (AvgIpc) is 3.00. The minimum Gasteiger partial charge on any atom is -0.299 e. The van der Waals surface area contributed by atoms with Gasteiger partial charge in [-0.1, -0.05) is 60.0 Å². The molecular weight excluding hydrogens is 356 g/mol. The van der Waals surface area contributed by atoms with Gasteiger partial charge in [0.2, 0.25) is 0 Å². The molecule has 0 heterocycles. The molecule has 0 aromatic heterocycles. The fourth-order valence-electron chi connectivity index (χ4n) is 8.46. The van der Waals surface area contributed by atoms with Crippen molar-refractivity contribution in [2.45, 2.75) is 92.4 Å². The first-order valence-electron chi connectivity index (χ1n) is 12.4. The van der Waals surface area contributed by atoms with Crippen molar-refractivity contribution in [1.82, 2.24) is 0 Å². The molecule has 0 aliphatic heterocycles. The standard InChI is InChI=1S/C27H42O2/c1-17(2)7-6-8-18(3)21-9-10-22-20-16-25(29)24-15-19(28)11-13-27(24,5)23(20)12-14-26(21,22)4/h11,13,17-18,20-24H,6-10,12,14-16H2,1-5H3/t18-,20+,21-,22+,23+,24?,26-,27-/m1/s1. The van der Waals surface area contributed by atoms with Gasteiger partial charge in [-0.15, -0.1) is 0 Å². The number of fused-ring (bicyclic) bond motifs is 5.